The maximum Gasteiger partial charge on any atom is 0.129 e. The number of nitrogens with zero attached hydrogens (tertiary/aromatic N) is 2. The first-order valence-electron chi connectivity index (χ1n) is 6.34. The largest absolute Gasteiger partial charge is 0.357 e. The van der Waals surface area contributed by atoms with Crippen molar-refractivity contribution in [3.63, 3.8) is 0 Å². The van der Waals surface area contributed by atoms with Crippen molar-refractivity contribution in [3.8, 4) is 0 Å². The van der Waals surface area contributed by atoms with Gasteiger partial charge in [0.2, 0.25) is 0 Å². The number of aryl methyl sites for hydroxylation is 1. The summed E-state index contributed by atoms with van der Waals surface area (Å²) in [5, 5.41) is 3.44. The molecular formula is C14H25N3. The van der Waals surface area contributed by atoms with E-state index in [0.717, 1.165) is 18.1 Å². The zero-order valence-electron chi connectivity index (χ0n) is 11.9. The lowest BCUT2D eigenvalue weighted by atomic mass is 10.2. The molecular weight excluding hydrogens is 210 g/mol. The van der Waals surface area contributed by atoms with Crippen LogP contribution in [0.15, 0.2) is 12.1 Å². The topological polar surface area (TPSA) is 28.2 Å². The number of hydrogen-bond donors (Lipinski definition) is 1. The van der Waals surface area contributed by atoms with Crippen molar-refractivity contribution in [1.82, 2.24) is 10.3 Å². The molecule has 0 spiro atoms. The Kier molecular flexibility index (Phi) is 4.94. The maximum atomic E-state index is 4.58. The first-order chi connectivity index (χ1) is 7.90. The zero-order chi connectivity index (χ0) is 13.0. The van der Waals surface area contributed by atoms with E-state index >= 15 is 0 Å². The first kappa shape index (κ1) is 14.0. The van der Waals surface area contributed by atoms with Crippen molar-refractivity contribution in [2.24, 2.45) is 0 Å². The van der Waals surface area contributed by atoms with Crippen LogP contribution in [0.25, 0.3) is 0 Å². The van der Waals surface area contributed by atoms with Crippen LogP contribution in [0.1, 0.15) is 39.0 Å². The Morgan fingerprint density at radius 1 is 1.24 bits per heavy atom. The molecule has 0 aliphatic heterocycles. The average Bonchev–Trinajstić information content (AvgIpc) is 2.24. The van der Waals surface area contributed by atoms with Crippen molar-refractivity contribution >= 4 is 5.82 Å². The van der Waals surface area contributed by atoms with Gasteiger partial charge in [-0.15, -0.1) is 0 Å². The van der Waals surface area contributed by atoms with E-state index in [9.17, 15) is 0 Å². The highest BCUT2D eigenvalue weighted by atomic mass is 15.2. The summed E-state index contributed by atoms with van der Waals surface area (Å²) in [6.45, 7) is 11.6. The Bertz CT molecular complexity index is 358. The van der Waals surface area contributed by atoms with Gasteiger partial charge >= 0.3 is 0 Å². The molecule has 0 aliphatic rings. The van der Waals surface area contributed by atoms with Crippen LogP contribution in [0.5, 0.6) is 0 Å². The molecule has 1 aromatic heterocycles. The fourth-order valence-corrected chi connectivity index (χ4v) is 1.59. The highest BCUT2D eigenvalue weighted by Gasteiger charge is 2.08. The van der Waals surface area contributed by atoms with E-state index in [1.165, 1.54) is 5.56 Å². The van der Waals surface area contributed by atoms with Gasteiger partial charge in [-0.3, -0.25) is 0 Å². The SMILES string of the molecule is Cc1cc(CNC(C)C)cc(N(C)C(C)C)n1. The first-order valence-corrected chi connectivity index (χ1v) is 6.34. The Morgan fingerprint density at radius 3 is 2.41 bits per heavy atom. The van der Waals surface area contributed by atoms with Crippen LogP contribution in [-0.4, -0.2) is 24.1 Å². The minimum absolute atomic E-state index is 0.468. The van der Waals surface area contributed by atoms with Gasteiger partial charge < -0.3 is 10.2 Å². The van der Waals surface area contributed by atoms with E-state index in [2.05, 4.69) is 69.0 Å². The third kappa shape index (κ3) is 4.35. The van der Waals surface area contributed by atoms with Crippen LogP contribution in [0.3, 0.4) is 0 Å². The van der Waals surface area contributed by atoms with Gasteiger partial charge in [-0.1, -0.05) is 13.8 Å². The van der Waals surface area contributed by atoms with Gasteiger partial charge in [0.1, 0.15) is 5.82 Å². The summed E-state index contributed by atoms with van der Waals surface area (Å²) in [7, 11) is 2.09. The Morgan fingerprint density at radius 2 is 1.88 bits per heavy atom. The van der Waals surface area contributed by atoms with Gasteiger partial charge in [-0.05, 0) is 38.5 Å². The number of aromatic nitrogens is 1. The highest BCUT2D eigenvalue weighted by molar-refractivity contribution is 5.42. The quantitative estimate of drug-likeness (QED) is 0.850. The number of rotatable bonds is 5. The van der Waals surface area contributed by atoms with Crippen molar-refractivity contribution in [1.29, 1.82) is 0 Å². The molecule has 0 radical (unpaired) electrons. The fraction of sp³-hybridized carbons (Fsp3) is 0.643. The molecule has 0 saturated heterocycles. The molecule has 0 atom stereocenters. The van der Waals surface area contributed by atoms with Crippen LogP contribution >= 0.6 is 0 Å². The van der Waals surface area contributed by atoms with E-state index in [-0.39, 0.29) is 0 Å². The summed E-state index contributed by atoms with van der Waals surface area (Å²) in [6.07, 6.45) is 0. The molecule has 0 aliphatic carbocycles. The third-order valence-corrected chi connectivity index (χ3v) is 2.85. The number of nitrogens with one attached hydrogen (secondary N) is 1. The van der Waals surface area contributed by atoms with Crippen molar-refractivity contribution < 1.29 is 0 Å². The molecule has 1 heterocycles. The number of anilines is 1. The van der Waals surface area contributed by atoms with Crippen LogP contribution in [0.4, 0.5) is 5.82 Å². The molecule has 1 N–H and O–H groups in total. The minimum atomic E-state index is 0.468. The summed E-state index contributed by atoms with van der Waals surface area (Å²) in [5.74, 6) is 1.06. The molecule has 0 fully saturated rings. The zero-order valence-corrected chi connectivity index (χ0v) is 11.9. The normalized spacial score (nSPS) is 11.3. The molecule has 3 nitrogen and oxygen atoms in total. The van der Waals surface area contributed by atoms with Gasteiger partial charge in [0.15, 0.2) is 0 Å². The number of hydrogen-bond acceptors (Lipinski definition) is 3. The van der Waals surface area contributed by atoms with E-state index in [1.807, 2.05) is 0 Å². The Hall–Kier alpha value is -1.09. The third-order valence-electron chi connectivity index (χ3n) is 2.85. The lowest BCUT2D eigenvalue weighted by Gasteiger charge is -2.23. The van der Waals surface area contributed by atoms with Crippen molar-refractivity contribution in [2.75, 3.05) is 11.9 Å². The van der Waals surface area contributed by atoms with Gasteiger partial charge in [0.25, 0.3) is 0 Å². The second kappa shape index (κ2) is 6.01. The fourth-order valence-electron chi connectivity index (χ4n) is 1.59. The molecule has 0 aromatic carbocycles. The molecule has 3 heteroatoms. The summed E-state index contributed by atoms with van der Waals surface area (Å²) in [6, 6.07) is 5.29. The monoisotopic (exact) mass is 235 g/mol. The summed E-state index contributed by atoms with van der Waals surface area (Å²) >= 11 is 0. The van der Waals surface area contributed by atoms with Gasteiger partial charge in [0.05, 0.1) is 0 Å². The van der Waals surface area contributed by atoms with Crippen LogP contribution in [0, 0.1) is 6.92 Å². The van der Waals surface area contributed by atoms with Crippen molar-refractivity contribution in [3.05, 3.63) is 23.4 Å². The van der Waals surface area contributed by atoms with Crippen LogP contribution < -0.4 is 10.2 Å². The van der Waals surface area contributed by atoms with E-state index < -0.39 is 0 Å². The van der Waals surface area contributed by atoms with E-state index in [0.29, 0.717) is 12.1 Å². The molecule has 1 rings (SSSR count). The van der Waals surface area contributed by atoms with Gasteiger partial charge in [-0.25, -0.2) is 4.98 Å². The van der Waals surface area contributed by atoms with Crippen molar-refractivity contribution in [2.45, 2.75) is 53.2 Å². The standard InChI is InChI=1S/C14H25N3/c1-10(2)15-9-13-7-12(5)16-14(8-13)17(6)11(3)4/h7-8,10-11,15H,9H2,1-6H3. The Labute approximate surface area is 105 Å². The minimum Gasteiger partial charge on any atom is -0.357 e. The summed E-state index contributed by atoms with van der Waals surface area (Å²) in [5.41, 5.74) is 2.38. The van der Waals surface area contributed by atoms with E-state index in [1.54, 1.807) is 0 Å². The molecule has 96 valence electrons. The van der Waals surface area contributed by atoms with Crippen LogP contribution in [-0.2, 0) is 6.54 Å². The predicted octanol–water partition coefficient (Wildman–Crippen LogP) is 2.73. The van der Waals surface area contributed by atoms with Gasteiger partial charge in [-0.2, -0.15) is 0 Å². The summed E-state index contributed by atoms with van der Waals surface area (Å²) < 4.78 is 0. The Balaban J connectivity index is 2.86. The lowest BCUT2D eigenvalue weighted by Crippen LogP contribution is -2.27. The predicted molar refractivity (Wildman–Crippen MR) is 74.5 cm³/mol. The second-order valence-electron chi connectivity index (χ2n) is 5.22. The van der Waals surface area contributed by atoms with Gasteiger partial charge in [0, 0.05) is 31.4 Å². The maximum absolute atomic E-state index is 4.58. The molecule has 17 heavy (non-hydrogen) atoms. The molecule has 0 bridgehead atoms. The molecule has 0 unspecified atom stereocenters. The van der Waals surface area contributed by atoms with E-state index in [4.69, 9.17) is 0 Å². The molecule has 0 saturated carbocycles. The molecule has 1 aromatic rings. The van der Waals surface area contributed by atoms with Crippen LogP contribution in [0.2, 0.25) is 0 Å². The smallest absolute Gasteiger partial charge is 0.129 e. The highest BCUT2D eigenvalue weighted by Crippen LogP contribution is 2.15. The number of pyridine rings is 1. The second-order valence-corrected chi connectivity index (χ2v) is 5.22. The lowest BCUT2D eigenvalue weighted by molar-refractivity contribution is 0.588. The average molecular weight is 235 g/mol. The molecule has 0 amide bonds. The summed E-state index contributed by atoms with van der Waals surface area (Å²) in [4.78, 5) is 6.78.